The molecule has 2 unspecified atom stereocenters. The molecule has 3 rings (SSSR count). The van der Waals surface area contributed by atoms with Gasteiger partial charge in [0, 0.05) is 49.5 Å². The Balaban J connectivity index is 1.73. The first-order valence-electron chi connectivity index (χ1n) is 7.32. The van der Waals surface area contributed by atoms with Crippen LogP contribution in [0.5, 0.6) is 0 Å². The lowest BCUT2D eigenvalue weighted by Gasteiger charge is -2.43. The van der Waals surface area contributed by atoms with Gasteiger partial charge >= 0.3 is 0 Å². The summed E-state index contributed by atoms with van der Waals surface area (Å²) in [4.78, 5) is 8.36. The van der Waals surface area contributed by atoms with Crippen LogP contribution in [0.25, 0.3) is 4.96 Å². The van der Waals surface area contributed by atoms with E-state index in [1.54, 1.807) is 11.3 Å². The van der Waals surface area contributed by atoms with Gasteiger partial charge in [-0.1, -0.05) is 20.8 Å². The summed E-state index contributed by atoms with van der Waals surface area (Å²) >= 11 is 1.70. The molecule has 2 aromatic rings. The van der Waals surface area contributed by atoms with E-state index < -0.39 is 0 Å². The summed E-state index contributed by atoms with van der Waals surface area (Å²) < 4.78 is 2.12. The lowest BCUT2D eigenvalue weighted by Crippen LogP contribution is -2.59. The van der Waals surface area contributed by atoms with E-state index in [0.29, 0.717) is 17.5 Å². The summed E-state index contributed by atoms with van der Waals surface area (Å²) in [5, 5.41) is 5.76. The molecule has 1 saturated heterocycles. The Morgan fingerprint density at radius 3 is 2.95 bits per heavy atom. The van der Waals surface area contributed by atoms with Crippen molar-refractivity contribution in [2.24, 2.45) is 5.41 Å². The predicted molar refractivity (Wildman–Crippen MR) is 84.2 cm³/mol. The lowest BCUT2D eigenvalue weighted by atomic mass is 9.85. The first kappa shape index (κ1) is 14.0. The van der Waals surface area contributed by atoms with E-state index in [1.165, 1.54) is 5.69 Å². The number of hydrogen-bond acceptors (Lipinski definition) is 4. The summed E-state index contributed by atoms with van der Waals surface area (Å²) in [5.41, 5.74) is 1.48. The number of aromatic nitrogens is 2. The van der Waals surface area contributed by atoms with E-state index in [2.05, 4.69) is 60.1 Å². The second-order valence-corrected chi connectivity index (χ2v) is 7.80. The number of rotatable bonds is 2. The maximum atomic E-state index is 4.71. The molecule has 0 amide bonds. The molecule has 20 heavy (non-hydrogen) atoms. The molecule has 1 aliphatic heterocycles. The number of fused-ring (bicyclic) bond motifs is 1. The van der Waals surface area contributed by atoms with E-state index in [1.807, 2.05) is 0 Å². The molecular formula is C15H24N4S. The molecule has 0 spiro atoms. The van der Waals surface area contributed by atoms with Crippen molar-refractivity contribution in [3.63, 3.8) is 0 Å². The highest BCUT2D eigenvalue weighted by molar-refractivity contribution is 7.15. The van der Waals surface area contributed by atoms with Gasteiger partial charge in [0.05, 0.1) is 5.69 Å². The van der Waals surface area contributed by atoms with Crippen molar-refractivity contribution in [2.45, 2.75) is 46.3 Å². The molecule has 110 valence electrons. The summed E-state index contributed by atoms with van der Waals surface area (Å²) in [6.07, 6.45) is 4.24. The van der Waals surface area contributed by atoms with Crippen LogP contribution >= 0.6 is 11.3 Å². The minimum Gasteiger partial charge on any atom is -0.311 e. The lowest BCUT2D eigenvalue weighted by molar-refractivity contribution is 0.0868. The van der Waals surface area contributed by atoms with Crippen molar-refractivity contribution in [3.05, 3.63) is 23.5 Å². The average molecular weight is 292 g/mol. The van der Waals surface area contributed by atoms with Crippen LogP contribution in [0, 0.1) is 5.41 Å². The van der Waals surface area contributed by atoms with Gasteiger partial charge in [-0.2, -0.15) is 0 Å². The minimum atomic E-state index is 0.299. The van der Waals surface area contributed by atoms with Crippen LogP contribution in [0.2, 0.25) is 0 Å². The molecular weight excluding hydrogens is 268 g/mol. The van der Waals surface area contributed by atoms with Crippen molar-refractivity contribution in [1.29, 1.82) is 0 Å². The molecule has 0 bridgehead atoms. The maximum absolute atomic E-state index is 4.71. The molecule has 2 aromatic heterocycles. The Morgan fingerprint density at radius 2 is 2.25 bits per heavy atom. The second kappa shape index (κ2) is 5.13. The fraction of sp³-hybridized carbons (Fsp3) is 0.667. The third-order valence-corrected chi connectivity index (χ3v) is 5.02. The Labute approximate surface area is 124 Å². The fourth-order valence-electron chi connectivity index (χ4n) is 2.78. The van der Waals surface area contributed by atoms with Crippen LogP contribution in [0.3, 0.4) is 0 Å². The highest BCUT2D eigenvalue weighted by atomic mass is 32.1. The molecule has 1 aliphatic rings. The predicted octanol–water partition coefficient (Wildman–Crippen LogP) is 2.60. The highest BCUT2D eigenvalue weighted by Crippen LogP contribution is 2.24. The number of nitrogens with one attached hydrogen (secondary N) is 1. The van der Waals surface area contributed by atoms with Crippen LogP contribution in [0.4, 0.5) is 0 Å². The van der Waals surface area contributed by atoms with Crippen LogP contribution in [0.15, 0.2) is 17.8 Å². The van der Waals surface area contributed by atoms with Gasteiger partial charge in [0.15, 0.2) is 4.96 Å². The van der Waals surface area contributed by atoms with Crippen LogP contribution in [-0.4, -0.2) is 39.5 Å². The molecule has 1 fully saturated rings. The van der Waals surface area contributed by atoms with Gasteiger partial charge in [-0.15, -0.1) is 11.3 Å². The zero-order chi connectivity index (χ0) is 14.3. The van der Waals surface area contributed by atoms with E-state index in [9.17, 15) is 0 Å². The third-order valence-electron chi connectivity index (χ3n) is 4.25. The zero-order valence-corrected chi connectivity index (χ0v) is 13.6. The second-order valence-electron chi connectivity index (χ2n) is 6.93. The van der Waals surface area contributed by atoms with Crippen molar-refractivity contribution in [1.82, 2.24) is 19.6 Å². The summed E-state index contributed by atoms with van der Waals surface area (Å²) in [6.45, 7) is 12.3. The van der Waals surface area contributed by atoms with Crippen LogP contribution in [-0.2, 0) is 6.54 Å². The number of nitrogens with zero attached hydrogens (tertiary/aromatic N) is 3. The Morgan fingerprint density at radius 1 is 1.45 bits per heavy atom. The van der Waals surface area contributed by atoms with Gasteiger partial charge in [0.25, 0.3) is 0 Å². The first-order chi connectivity index (χ1) is 9.43. The number of thiazole rings is 1. The van der Waals surface area contributed by atoms with Crippen molar-refractivity contribution >= 4 is 16.3 Å². The van der Waals surface area contributed by atoms with Gasteiger partial charge in [-0.25, -0.2) is 4.98 Å². The molecule has 0 saturated carbocycles. The van der Waals surface area contributed by atoms with E-state index in [-0.39, 0.29) is 0 Å². The van der Waals surface area contributed by atoms with Gasteiger partial charge in [0.1, 0.15) is 0 Å². The monoisotopic (exact) mass is 292 g/mol. The number of imidazole rings is 1. The highest BCUT2D eigenvalue weighted by Gasteiger charge is 2.32. The molecule has 1 N–H and O–H groups in total. The van der Waals surface area contributed by atoms with E-state index >= 15 is 0 Å². The Hall–Kier alpha value is -0.910. The summed E-state index contributed by atoms with van der Waals surface area (Å²) in [5.74, 6) is 0. The standard InChI is InChI=1S/C15H24N4S/c1-11-7-16-13(15(2,3)4)10-19(11)9-12-8-18-5-6-20-14(18)17-12/h5-6,8,11,13,16H,7,9-10H2,1-4H3. The van der Waals surface area contributed by atoms with Crippen LogP contribution < -0.4 is 5.32 Å². The van der Waals surface area contributed by atoms with E-state index in [4.69, 9.17) is 4.98 Å². The number of hydrogen-bond donors (Lipinski definition) is 1. The minimum absolute atomic E-state index is 0.299. The number of piperazine rings is 1. The quantitative estimate of drug-likeness (QED) is 0.923. The smallest absolute Gasteiger partial charge is 0.193 e. The summed E-state index contributed by atoms with van der Waals surface area (Å²) in [6, 6.07) is 1.11. The third kappa shape index (κ3) is 2.75. The largest absolute Gasteiger partial charge is 0.311 e. The zero-order valence-electron chi connectivity index (χ0n) is 12.8. The van der Waals surface area contributed by atoms with Crippen molar-refractivity contribution < 1.29 is 0 Å². The first-order valence-corrected chi connectivity index (χ1v) is 8.20. The molecule has 4 nitrogen and oxygen atoms in total. The van der Waals surface area contributed by atoms with Gasteiger partial charge in [-0.3, -0.25) is 9.30 Å². The summed E-state index contributed by atoms with van der Waals surface area (Å²) in [7, 11) is 0. The van der Waals surface area contributed by atoms with Gasteiger partial charge < -0.3 is 5.32 Å². The normalized spacial score (nSPS) is 25.4. The molecule has 0 aliphatic carbocycles. The molecule has 0 aromatic carbocycles. The van der Waals surface area contributed by atoms with Crippen molar-refractivity contribution in [2.75, 3.05) is 13.1 Å². The van der Waals surface area contributed by atoms with E-state index in [0.717, 1.165) is 24.6 Å². The average Bonchev–Trinajstić information content (AvgIpc) is 2.91. The molecule has 2 atom stereocenters. The van der Waals surface area contributed by atoms with Crippen molar-refractivity contribution in [3.8, 4) is 0 Å². The molecule has 3 heterocycles. The van der Waals surface area contributed by atoms with Gasteiger partial charge in [-0.05, 0) is 12.3 Å². The fourth-order valence-corrected chi connectivity index (χ4v) is 3.50. The Kier molecular flexibility index (Phi) is 3.60. The maximum Gasteiger partial charge on any atom is 0.193 e. The molecule has 0 radical (unpaired) electrons. The SMILES string of the molecule is CC1CNC(C(C)(C)C)CN1Cc1cn2ccsc2n1. The molecule has 5 heteroatoms. The van der Waals surface area contributed by atoms with Crippen LogP contribution in [0.1, 0.15) is 33.4 Å². The van der Waals surface area contributed by atoms with Gasteiger partial charge in [0.2, 0.25) is 0 Å². The Bertz CT molecular complexity index is 551. The topological polar surface area (TPSA) is 32.6 Å².